The van der Waals surface area contributed by atoms with Gasteiger partial charge in [0.05, 0.1) is 18.4 Å². The summed E-state index contributed by atoms with van der Waals surface area (Å²) < 4.78 is 5.18. The third-order valence-corrected chi connectivity index (χ3v) is 5.22. The second kappa shape index (κ2) is 12.2. The fraction of sp³-hybridized carbons (Fsp3) is 0.545. The van der Waals surface area contributed by atoms with Gasteiger partial charge in [-0.3, -0.25) is 14.4 Å². The van der Waals surface area contributed by atoms with Crippen LogP contribution in [0.15, 0.2) is 28.2 Å². The zero-order chi connectivity index (χ0) is 22.8. The highest BCUT2D eigenvalue weighted by Gasteiger charge is 2.22. The van der Waals surface area contributed by atoms with Crippen molar-refractivity contribution in [2.24, 2.45) is 5.92 Å². The predicted molar refractivity (Wildman–Crippen MR) is 121 cm³/mol. The summed E-state index contributed by atoms with van der Waals surface area (Å²) in [7, 11) is 0. The molecular formula is C22H32N4O4S. The molecule has 0 radical (unpaired) electrons. The van der Waals surface area contributed by atoms with E-state index < -0.39 is 0 Å². The van der Waals surface area contributed by atoms with Crippen LogP contribution in [-0.2, 0) is 16.0 Å². The van der Waals surface area contributed by atoms with E-state index in [0.717, 1.165) is 25.9 Å². The van der Waals surface area contributed by atoms with Crippen molar-refractivity contribution in [2.45, 2.75) is 47.0 Å². The lowest BCUT2D eigenvalue weighted by Crippen LogP contribution is -2.40. The first-order valence-corrected chi connectivity index (χ1v) is 11.6. The molecule has 2 heterocycles. The summed E-state index contributed by atoms with van der Waals surface area (Å²) in [5, 5.41) is 4.94. The van der Waals surface area contributed by atoms with Crippen molar-refractivity contribution < 1.29 is 18.8 Å². The smallest absolute Gasteiger partial charge is 0.290 e. The quantitative estimate of drug-likeness (QED) is 0.535. The van der Waals surface area contributed by atoms with Crippen molar-refractivity contribution in [3.8, 4) is 0 Å². The van der Waals surface area contributed by atoms with Crippen LogP contribution in [0.25, 0.3) is 0 Å². The number of carbonyl (C=O) groups excluding carboxylic acids is 3. The highest BCUT2D eigenvalue weighted by atomic mass is 32.1. The summed E-state index contributed by atoms with van der Waals surface area (Å²) in [5.74, 6) is -0.234. The number of rotatable bonds is 12. The zero-order valence-corrected chi connectivity index (χ0v) is 19.5. The van der Waals surface area contributed by atoms with Crippen molar-refractivity contribution in [1.29, 1.82) is 0 Å². The topological polar surface area (TPSA) is 95.8 Å². The summed E-state index contributed by atoms with van der Waals surface area (Å²) in [6, 6.07) is 3.22. The van der Waals surface area contributed by atoms with Gasteiger partial charge in [0.15, 0.2) is 10.9 Å². The maximum Gasteiger partial charge on any atom is 0.290 e. The molecule has 0 saturated carbocycles. The molecule has 3 amide bonds. The number of anilines is 1. The van der Waals surface area contributed by atoms with Gasteiger partial charge in [-0.2, -0.15) is 0 Å². The van der Waals surface area contributed by atoms with Crippen LogP contribution < -0.4 is 5.32 Å². The SMILES string of the molecule is CCCN(CCC)C(=O)Cc1csc(NC(=O)CN(CC(C)C)C(=O)c2ccco2)n1. The molecule has 0 aromatic carbocycles. The van der Waals surface area contributed by atoms with E-state index in [1.165, 1.54) is 22.5 Å². The van der Waals surface area contributed by atoms with Gasteiger partial charge in [0.25, 0.3) is 5.91 Å². The molecule has 0 aliphatic rings. The maximum absolute atomic E-state index is 12.6. The Morgan fingerprint density at radius 1 is 1.16 bits per heavy atom. The van der Waals surface area contributed by atoms with Crippen molar-refractivity contribution in [2.75, 3.05) is 31.5 Å². The van der Waals surface area contributed by atoms with Gasteiger partial charge in [0.1, 0.15) is 6.54 Å². The first-order chi connectivity index (χ1) is 14.8. The van der Waals surface area contributed by atoms with Gasteiger partial charge in [0, 0.05) is 25.0 Å². The number of hydrogen-bond acceptors (Lipinski definition) is 6. The normalized spacial score (nSPS) is 10.9. The van der Waals surface area contributed by atoms with Crippen LogP contribution >= 0.6 is 11.3 Å². The van der Waals surface area contributed by atoms with E-state index in [-0.39, 0.29) is 42.4 Å². The van der Waals surface area contributed by atoms with Gasteiger partial charge in [-0.25, -0.2) is 4.98 Å². The first kappa shape index (κ1) is 24.6. The Kier molecular flexibility index (Phi) is 9.71. The third kappa shape index (κ3) is 7.82. The molecule has 0 saturated heterocycles. The molecule has 31 heavy (non-hydrogen) atoms. The number of hydrogen-bond donors (Lipinski definition) is 1. The summed E-state index contributed by atoms with van der Waals surface area (Å²) >= 11 is 1.27. The minimum Gasteiger partial charge on any atom is -0.459 e. The Morgan fingerprint density at radius 2 is 1.87 bits per heavy atom. The number of nitrogens with one attached hydrogen (secondary N) is 1. The van der Waals surface area contributed by atoms with E-state index in [1.807, 2.05) is 32.6 Å². The van der Waals surface area contributed by atoms with E-state index >= 15 is 0 Å². The van der Waals surface area contributed by atoms with Crippen LogP contribution in [0.5, 0.6) is 0 Å². The summed E-state index contributed by atoms with van der Waals surface area (Å²) in [6.07, 6.45) is 3.46. The Labute approximate surface area is 187 Å². The lowest BCUT2D eigenvalue weighted by molar-refractivity contribution is -0.130. The fourth-order valence-corrected chi connectivity index (χ4v) is 3.89. The van der Waals surface area contributed by atoms with Gasteiger partial charge >= 0.3 is 0 Å². The van der Waals surface area contributed by atoms with E-state index in [9.17, 15) is 14.4 Å². The Morgan fingerprint density at radius 3 is 2.45 bits per heavy atom. The number of furan rings is 1. The molecule has 170 valence electrons. The molecule has 0 atom stereocenters. The van der Waals surface area contributed by atoms with Gasteiger partial charge in [-0.05, 0) is 30.9 Å². The van der Waals surface area contributed by atoms with Crippen LogP contribution in [0.3, 0.4) is 0 Å². The minimum absolute atomic E-state index is 0.0408. The number of amides is 3. The van der Waals surface area contributed by atoms with Crippen LogP contribution in [0.1, 0.15) is 56.8 Å². The van der Waals surface area contributed by atoms with Gasteiger partial charge < -0.3 is 19.5 Å². The predicted octanol–water partition coefficient (Wildman–Crippen LogP) is 3.66. The number of nitrogens with zero attached hydrogens (tertiary/aromatic N) is 3. The van der Waals surface area contributed by atoms with Gasteiger partial charge in [0.2, 0.25) is 11.8 Å². The van der Waals surface area contributed by atoms with Crippen molar-refractivity contribution in [3.05, 3.63) is 35.2 Å². The molecule has 2 aromatic heterocycles. The Hall–Kier alpha value is -2.68. The molecule has 1 N–H and O–H groups in total. The highest BCUT2D eigenvalue weighted by Crippen LogP contribution is 2.17. The number of thiazole rings is 1. The van der Waals surface area contributed by atoms with Crippen LogP contribution in [0, 0.1) is 5.92 Å². The Balaban J connectivity index is 1.96. The molecule has 8 nitrogen and oxygen atoms in total. The average Bonchev–Trinajstić information content (AvgIpc) is 3.38. The highest BCUT2D eigenvalue weighted by molar-refractivity contribution is 7.13. The molecule has 0 aliphatic heterocycles. The van der Waals surface area contributed by atoms with Crippen molar-refractivity contribution >= 4 is 34.2 Å². The number of carbonyl (C=O) groups is 3. The monoisotopic (exact) mass is 448 g/mol. The van der Waals surface area contributed by atoms with Crippen LogP contribution in [-0.4, -0.2) is 58.7 Å². The largest absolute Gasteiger partial charge is 0.459 e. The molecule has 0 fully saturated rings. The lowest BCUT2D eigenvalue weighted by Gasteiger charge is -2.22. The molecule has 0 unspecified atom stereocenters. The standard InChI is InChI=1S/C22H32N4O4S/c1-5-9-25(10-6-2)20(28)12-17-15-31-22(23-17)24-19(27)14-26(13-16(3)4)21(29)18-8-7-11-30-18/h7-8,11,15-16H,5-6,9-10,12-14H2,1-4H3,(H,23,24,27). The Bertz CT molecular complexity index is 842. The molecule has 0 aliphatic carbocycles. The molecule has 0 spiro atoms. The third-order valence-electron chi connectivity index (χ3n) is 4.41. The molecule has 2 aromatic rings. The minimum atomic E-state index is -0.341. The lowest BCUT2D eigenvalue weighted by atomic mass is 10.2. The molecule has 0 bridgehead atoms. The maximum atomic E-state index is 12.6. The van der Waals surface area contributed by atoms with E-state index in [2.05, 4.69) is 10.3 Å². The number of aromatic nitrogens is 1. The summed E-state index contributed by atoms with van der Waals surface area (Å²) in [5.41, 5.74) is 0.633. The first-order valence-electron chi connectivity index (χ1n) is 10.7. The zero-order valence-electron chi connectivity index (χ0n) is 18.7. The molecule has 9 heteroatoms. The van der Waals surface area contributed by atoms with E-state index in [0.29, 0.717) is 17.4 Å². The van der Waals surface area contributed by atoms with Gasteiger partial charge in [-0.15, -0.1) is 11.3 Å². The van der Waals surface area contributed by atoms with Gasteiger partial charge in [-0.1, -0.05) is 27.7 Å². The molecule has 2 rings (SSSR count). The fourth-order valence-electron chi connectivity index (χ4n) is 3.16. The summed E-state index contributed by atoms with van der Waals surface area (Å²) in [4.78, 5) is 45.4. The van der Waals surface area contributed by atoms with Crippen molar-refractivity contribution in [1.82, 2.24) is 14.8 Å². The van der Waals surface area contributed by atoms with E-state index in [1.54, 1.807) is 17.5 Å². The second-order valence-electron chi connectivity index (χ2n) is 7.81. The van der Waals surface area contributed by atoms with Crippen molar-refractivity contribution in [3.63, 3.8) is 0 Å². The molecular weight excluding hydrogens is 416 g/mol. The summed E-state index contributed by atoms with van der Waals surface area (Å²) in [6.45, 7) is 9.83. The van der Waals surface area contributed by atoms with Crippen LogP contribution in [0.2, 0.25) is 0 Å². The van der Waals surface area contributed by atoms with E-state index in [4.69, 9.17) is 4.42 Å². The van der Waals surface area contributed by atoms with Crippen LogP contribution in [0.4, 0.5) is 5.13 Å². The average molecular weight is 449 g/mol. The second-order valence-corrected chi connectivity index (χ2v) is 8.66.